The van der Waals surface area contributed by atoms with Crippen LogP contribution in [0.25, 0.3) is 0 Å². The van der Waals surface area contributed by atoms with Crippen LogP contribution >= 0.6 is 11.6 Å². The van der Waals surface area contributed by atoms with Gasteiger partial charge >= 0.3 is 0 Å². The molecule has 0 saturated carbocycles. The van der Waals surface area contributed by atoms with E-state index in [1.54, 1.807) is 36.9 Å². The second-order valence-electron chi connectivity index (χ2n) is 6.19. The quantitative estimate of drug-likeness (QED) is 0.703. The lowest BCUT2D eigenvalue weighted by Gasteiger charge is -2.28. The van der Waals surface area contributed by atoms with E-state index in [0.29, 0.717) is 33.7 Å². The maximum atomic E-state index is 13.3. The van der Waals surface area contributed by atoms with Gasteiger partial charge in [-0.2, -0.15) is 4.68 Å². The zero-order chi connectivity index (χ0) is 19.7. The predicted octanol–water partition coefficient (Wildman–Crippen LogP) is 3.26. The maximum absolute atomic E-state index is 13.3. The monoisotopic (exact) mass is 396 g/mol. The van der Waals surface area contributed by atoms with E-state index in [-0.39, 0.29) is 5.91 Å². The highest BCUT2D eigenvalue weighted by molar-refractivity contribution is 6.31. The molecule has 0 spiro atoms. The molecule has 1 atom stereocenters. The number of tetrazole rings is 1. The van der Waals surface area contributed by atoms with E-state index in [1.165, 1.54) is 0 Å². The van der Waals surface area contributed by atoms with Gasteiger partial charge in [0.25, 0.3) is 5.91 Å². The molecule has 0 aliphatic carbocycles. The largest absolute Gasteiger partial charge is 0.495 e. The summed E-state index contributed by atoms with van der Waals surface area (Å²) in [4.78, 5) is 13.3. The Labute approximate surface area is 166 Å². The highest BCUT2D eigenvalue weighted by atomic mass is 35.5. The third kappa shape index (κ3) is 3.07. The predicted molar refractivity (Wildman–Crippen MR) is 105 cm³/mol. The van der Waals surface area contributed by atoms with E-state index in [9.17, 15) is 4.79 Å². The Morgan fingerprint density at radius 2 is 1.96 bits per heavy atom. The molecule has 0 saturated heterocycles. The number of para-hydroxylation sites is 2. The van der Waals surface area contributed by atoms with Crippen LogP contribution < -0.4 is 15.4 Å². The van der Waals surface area contributed by atoms with Crippen LogP contribution in [-0.2, 0) is 4.79 Å². The van der Waals surface area contributed by atoms with Gasteiger partial charge in [0.1, 0.15) is 11.8 Å². The van der Waals surface area contributed by atoms with Gasteiger partial charge in [0, 0.05) is 16.3 Å². The first-order valence-corrected chi connectivity index (χ1v) is 8.92. The normalized spacial score (nSPS) is 15.6. The van der Waals surface area contributed by atoms with Crippen molar-refractivity contribution in [3.05, 3.63) is 70.4 Å². The Bertz CT molecular complexity index is 1080. The summed E-state index contributed by atoms with van der Waals surface area (Å²) >= 11 is 6.44. The molecule has 28 heavy (non-hydrogen) atoms. The minimum absolute atomic E-state index is 0.305. The standard InChI is InChI=1S/C19H17ClN6O2/c1-11-16(18(27)22-14-9-5-6-10-15(14)28-2)17(12-7-3-4-8-13(12)20)26-19(21-11)23-24-25-26/h3-10,17H,1-2H3,(H,22,27)(H,21,23,25)/t17-/m0/s1. The van der Waals surface area contributed by atoms with Crippen LogP contribution in [0.4, 0.5) is 11.6 Å². The van der Waals surface area contributed by atoms with Crippen LogP contribution in [0.3, 0.4) is 0 Å². The average molecular weight is 397 g/mol. The van der Waals surface area contributed by atoms with Crippen molar-refractivity contribution in [3.63, 3.8) is 0 Å². The Hall–Kier alpha value is -3.39. The number of allylic oxidation sites excluding steroid dienone is 1. The van der Waals surface area contributed by atoms with Crippen molar-refractivity contribution in [2.75, 3.05) is 17.7 Å². The lowest BCUT2D eigenvalue weighted by atomic mass is 9.95. The minimum Gasteiger partial charge on any atom is -0.495 e. The highest BCUT2D eigenvalue weighted by Crippen LogP contribution is 2.38. The van der Waals surface area contributed by atoms with Gasteiger partial charge in [-0.15, -0.1) is 0 Å². The molecule has 2 heterocycles. The number of carbonyl (C=O) groups is 1. The second kappa shape index (κ2) is 7.32. The van der Waals surface area contributed by atoms with E-state index in [2.05, 4.69) is 26.2 Å². The number of aromatic nitrogens is 4. The van der Waals surface area contributed by atoms with E-state index >= 15 is 0 Å². The van der Waals surface area contributed by atoms with E-state index in [4.69, 9.17) is 16.3 Å². The zero-order valence-electron chi connectivity index (χ0n) is 15.2. The fourth-order valence-corrected chi connectivity index (χ4v) is 3.47. The molecule has 9 heteroatoms. The Morgan fingerprint density at radius 1 is 1.21 bits per heavy atom. The van der Waals surface area contributed by atoms with Crippen LogP contribution in [0.5, 0.6) is 5.75 Å². The Kier molecular flexibility index (Phi) is 4.70. The zero-order valence-corrected chi connectivity index (χ0v) is 15.9. The number of amides is 1. The number of fused-ring (bicyclic) bond motifs is 1. The van der Waals surface area contributed by atoms with Crippen LogP contribution in [0, 0.1) is 0 Å². The SMILES string of the molecule is COc1ccccc1NC(=O)C1=C(C)Nc2nnnn2[C@H]1c1ccccc1Cl. The van der Waals surface area contributed by atoms with E-state index in [1.807, 2.05) is 30.3 Å². The molecular weight excluding hydrogens is 380 g/mol. The number of ether oxygens (including phenoxy) is 1. The number of hydrogen-bond donors (Lipinski definition) is 2. The summed E-state index contributed by atoms with van der Waals surface area (Å²) in [5.41, 5.74) is 2.39. The lowest BCUT2D eigenvalue weighted by molar-refractivity contribution is -0.113. The molecule has 0 unspecified atom stereocenters. The summed E-state index contributed by atoms with van der Waals surface area (Å²) in [7, 11) is 1.55. The van der Waals surface area contributed by atoms with Crippen molar-refractivity contribution in [1.29, 1.82) is 0 Å². The molecule has 8 nitrogen and oxygen atoms in total. The number of nitrogens with one attached hydrogen (secondary N) is 2. The van der Waals surface area contributed by atoms with Crippen molar-refractivity contribution in [1.82, 2.24) is 20.2 Å². The molecule has 1 aromatic heterocycles. The number of rotatable bonds is 4. The molecule has 0 bridgehead atoms. The molecule has 2 aromatic carbocycles. The number of carbonyl (C=O) groups excluding carboxylic acids is 1. The molecule has 142 valence electrons. The smallest absolute Gasteiger partial charge is 0.255 e. The Morgan fingerprint density at radius 3 is 2.75 bits per heavy atom. The fraction of sp³-hybridized carbons (Fsp3) is 0.158. The van der Waals surface area contributed by atoms with Crippen molar-refractivity contribution < 1.29 is 9.53 Å². The number of halogens is 1. The van der Waals surface area contributed by atoms with Gasteiger partial charge in [-0.25, -0.2) is 0 Å². The summed E-state index contributed by atoms with van der Waals surface area (Å²) in [6.45, 7) is 1.80. The first-order chi connectivity index (χ1) is 13.6. The number of methoxy groups -OCH3 is 1. The van der Waals surface area contributed by atoms with E-state index < -0.39 is 6.04 Å². The van der Waals surface area contributed by atoms with Crippen LogP contribution in [0.15, 0.2) is 59.8 Å². The average Bonchev–Trinajstić information content (AvgIpc) is 3.16. The van der Waals surface area contributed by atoms with Gasteiger partial charge in [-0.1, -0.05) is 47.0 Å². The van der Waals surface area contributed by atoms with Crippen molar-refractivity contribution in [2.45, 2.75) is 13.0 Å². The van der Waals surface area contributed by atoms with Gasteiger partial charge in [0.05, 0.1) is 18.4 Å². The second-order valence-corrected chi connectivity index (χ2v) is 6.60. The molecule has 1 aliphatic heterocycles. The van der Waals surface area contributed by atoms with Gasteiger partial charge < -0.3 is 15.4 Å². The van der Waals surface area contributed by atoms with Gasteiger partial charge in [0.2, 0.25) is 5.95 Å². The first-order valence-electron chi connectivity index (χ1n) is 8.54. The van der Waals surface area contributed by atoms with Crippen molar-refractivity contribution in [3.8, 4) is 5.75 Å². The summed E-state index contributed by atoms with van der Waals surface area (Å²) in [5.74, 6) is 0.701. The van der Waals surface area contributed by atoms with Crippen LogP contribution in [0.1, 0.15) is 18.5 Å². The fourth-order valence-electron chi connectivity index (χ4n) is 3.23. The number of anilines is 2. The summed E-state index contributed by atoms with van der Waals surface area (Å²) < 4.78 is 6.88. The summed E-state index contributed by atoms with van der Waals surface area (Å²) in [6.07, 6.45) is 0. The Balaban J connectivity index is 1.79. The number of hydrogen-bond acceptors (Lipinski definition) is 6. The summed E-state index contributed by atoms with van der Waals surface area (Å²) in [6, 6.07) is 14.0. The van der Waals surface area contributed by atoms with Gasteiger partial charge in [0.15, 0.2) is 0 Å². The molecule has 1 amide bonds. The maximum Gasteiger partial charge on any atom is 0.255 e. The molecule has 1 aliphatic rings. The lowest BCUT2D eigenvalue weighted by Crippen LogP contribution is -2.31. The molecule has 3 aromatic rings. The molecule has 2 N–H and O–H groups in total. The van der Waals surface area contributed by atoms with Crippen LogP contribution in [0.2, 0.25) is 5.02 Å². The van der Waals surface area contributed by atoms with Crippen molar-refractivity contribution in [2.24, 2.45) is 0 Å². The number of benzene rings is 2. The third-order valence-electron chi connectivity index (χ3n) is 4.51. The highest BCUT2D eigenvalue weighted by Gasteiger charge is 2.35. The third-order valence-corrected chi connectivity index (χ3v) is 4.86. The summed E-state index contributed by atoms with van der Waals surface area (Å²) in [5, 5.41) is 18.3. The van der Waals surface area contributed by atoms with E-state index in [0.717, 1.165) is 5.56 Å². The number of nitrogens with zero attached hydrogens (tertiary/aromatic N) is 4. The van der Waals surface area contributed by atoms with Crippen molar-refractivity contribution >= 4 is 29.1 Å². The molecule has 0 radical (unpaired) electrons. The minimum atomic E-state index is -0.574. The van der Waals surface area contributed by atoms with Gasteiger partial charge in [-0.3, -0.25) is 4.79 Å². The van der Waals surface area contributed by atoms with Gasteiger partial charge in [-0.05, 0) is 35.5 Å². The molecular formula is C19H17ClN6O2. The molecule has 0 fully saturated rings. The van der Waals surface area contributed by atoms with Crippen LogP contribution in [-0.4, -0.2) is 33.2 Å². The molecule has 4 rings (SSSR count). The topological polar surface area (TPSA) is 94.0 Å². The first kappa shape index (κ1) is 18.0.